The molecule has 3 N–H and O–H groups in total. The van der Waals surface area contributed by atoms with E-state index in [0.717, 1.165) is 55.2 Å². The van der Waals surface area contributed by atoms with Crippen molar-refractivity contribution in [2.75, 3.05) is 41.5 Å². The number of amides is 1. The summed E-state index contributed by atoms with van der Waals surface area (Å²) < 4.78 is 22.6. The number of rotatable bonds is 20. The number of nitrogens with two attached hydrogens (primary N) is 1. The molecule has 7 heteroatoms. The molecular formula is C29H50N2O5. The number of unbranched alkanes of at least 4 members (excludes halogenated alkanes) is 9. The lowest BCUT2D eigenvalue weighted by Crippen LogP contribution is -2.26. The normalized spacial score (nSPS) is 11.4. The van der Waals surface area contributed by atoms with Crippen molar-refractivity contribution in [1.82, 2.24) is 5.32 Å². The maximum atomic E-state index is 13.3. The zero-order valence-corrected chi connectivity index (χ0v) is 23.6. The Hall–Kier alpha value is -2.41. The highest BCUT2D eigenvalue weighted by Crippen LogP contribution is 2.50. The molecule has 0 heterocycles. The minimum Gasteiger partial charge on any atom is -0.492 e. The van der Waals surface area contributed by atoms with E-state index < -0.39 is 0 Å². The molecule has 0 aromatic heterocycles. The number of benzene rings is 1. The Labute approximate surface area is 219 Å². The Morgan fingerprint density at radius 1 is 0.750 bits per heavy atom. The number of nitrogens with one attached hydrogen (secondary N) is 1. The topological polar surface area (TPSA) is 92.0 Å². The number of carbonyl (C=O) groups excluding carboxylic acids is 1. The monoisotopic (exact) mass is 506 g/mol. The Balaban J connectivity index is 3.19. The minimum atomic E-state index is -0.0324. The van der Waals surface area contributed by atoms with Crippen LogP contribution in [-0.2, 0) is 4.79 Å². The van der Waals surface area contributed by atoms with E-state index in [1.54, 1.807) is 28.4 Å². The van der Waals surface area contributed by atoms with E-state index in [1.807, 2.05) is 13.0 Å². The quantitative estimate of drug-likeness (QED) is 0.162. The van der Waals surface area contributed by atoms with Crippen LogP contribution < -0.4 is 30.0 Å². The number of carbonyl (C=O) groups is 1. The van der Waals surface area contributed by atoms with E-state index in [9.17, 15) is 4.79 Å². The second-order valence-corrected chi connectivity index (χ2v) is 9.17. The summed E-state index contributed by atoms with van der Waals surface area (Å²) >= 11 is 0. The summed E-state index contributed by atoms with van der Waals surface area (Å²) in [7, 11) is 6.33. The van der Waals surface area contributed by atoms with Crippen molar-refractivity contribution >= 4 is 12.0 Å². The van der Waals surface area contributed by atoms with Gasteiger partial charge in [-0.1, -0.05) is 58.3 Å². The zero-order chi connectivity index (χ0) is 26.8. The van der Waals surface area contributed by atoms with E-state index >= 15 is 0 Å². The van der Waals surface area contributed by atoms with E-state index in [2.05, 4.69) is 12.2 Å². The van der Waals surface area contributed by atoms with Gasteiger partial charge >= 0.3 is 0 Å². The number of ether oxygens (including phenoxy) is 4. The van der Waals surface area contributed by atoms with Gasteiger partial charge in [0.2, 0.25) is 17.4 Å². The van der Waals surface area contributed by atoms with Gasteiger partial charge in [0.25, 0.3) is 0 Å². The first-order chi connectivity index (χ1) is 17.5. The van der Waals surface area contributed by atoms with E-state index in [1.165, 1.54) is 32.1 Å². The molecule has 0 spiro atoms. The molecule has 1 rings (SSSR count). The van der Waals surface area contributed by atoms with Gasteiger partial charge in [0, 0.05) is 23.2 Å². The number of methoxy groups -OCH3 is 4. The van der Waals surface area contributed by atoms with Crippen molar-refractivity contribution in [3.63, 3.8) is 0 Å². The fourth-order valence-electron chi connectivity index (χ4n) is 4.42. The summed E-state index contributed by atoms with van der Waals surface area (Å²) in [4.78, 5) is 13.3. The summed E-state index contributed by atoms with van der Waals surface area (Å²) in [6.07, 6.45) is 15.1. The van der Waals surface area contributed by atoms with E-state index in [0.29, 0.717) is 42.5 Å². The van der Waals surface area contributed by atoms with Gasteiger partial charge in [0.1, 0.15) is 0 Å². The average Bonchev–Trinajstić information content (AvgIpc) is 2.89. The maximum Gasteiger partial charge on any atom is 0.247 e. The summed E-state index contributed by atoms with van der Waals surface area (Å²) in [5.74, 6) is 1.98. The molecule has 0 aliphatic heterocycles. The summed E-state index contributed by atoms with van der Waals surface area (Å²) in [6, 6.07) is 0. The van der Waals surface area contributed by atoms with Crippen molar-refractivity contribution in [3.05, 3.63) is 16.7 Å². The lowest BCUT2D eigenvalue weighted by Gasteiger charge is -2.21. The molecule has 0 bridgehead atoms. The minimum absolute atomic E-state index is 0.0324. The third kappa shape index (κ3) is 9.92. The lowest BCUT2D eigenvalue weighted by atomic mass is 9.98. The van der Waals surface area contributed by atoms with Gasteiger partial charge in [-0.3, -0.25) is 4.79 Å². The third-order valence-electron chi connectivity index (χ3n) is 6.50. The fraction of sp³-hybridized carbons (Fsp3) is 0.690. The van der Waals surface area contributed by atoms with Crippen LogP contribution >= 0.6 is 0 Å². The molecule has 206 valence electrons. The van der Waals surface area contributed by atoms with Crippen molar-refractivity contribution in [2.45, 2.75) is 90.9 Å². The maximum absolute atomic E-state index is 13.3. The van der Waals surface area contributed by atoms with Gasteiger partial charge in [-0.05, 0) is 45.2 Å². The van der Waals surface area contributed by atoms with Crippen LogP contribution in [0, 0.1) is 6.92 Å². The van der Waals surface area contributed by atoms with Crippen LogP contribution in [0.3, 0.4) is 0 Å². The molecule has 7 nitrogen and oxygen atoms in total. The molecule has 0 fully saturated rings. The third-order valence-corrected chi connectivity index (χ3v) is 6.50. The van der Waals surface area contributed by atoms with Crippen LogP contribution in [0.1, 0.15) is 95.1 Å². The highest BCUT2D eigenvalue weighted by Gasteiger charge is 2.25. The Morgan fingerprint density at radius 3 is 1.86 bits per heavy atom. The molecule has 0 aliphatic carbocycles. The second kappa shape index (κ2) is 18.8. The van der Waals surface area contributed by atoms with Gasteiger partial charge in [0.15, 0.2) is 11.5 Å². The van der Waals surface area contributed by atoms with Crippen molar-refractivity contribution in [2.24, 2.45) is 5.73 Å². The summed E-state index contributed by atoms with van der Waals surface area (Å²) in [5, 5.41) is 3.12. The molecule has 0 unspecified atom stereocenters. The number of hydrogen-bond acceptors (Lipinski definition) is 6. The summed E-state index contributed by atoms with van der Waals surface area (Å²) in [5.41, 5.74) is 7.91. The molecule has 0 aliphatic rings. The molecule has 36 heavy (non-hydrogen) atoms. The molecule has 1 aromatic carbocycles. The average molecular weight is 507 g/mol. The molecule has 0 saturated carbocycles. The van der Waals surface area contributed by atoms with Crippen LogP contribution in [-0.4, -0.2) is 47.4 Å². The first-order valence-electron chi connectivity index (χ1n) is 13.6. The highest BCUT2D eigenvalue weighted by molar-refractivity contribution is 5.98. The molecule has 1 aromatic rings. The van der Waals surface area contributed by atoms with Crippen LogP contribution in [0.4, 0.5) is 0 Å². The Bertz CT molecular complexity index is 808. The van der Waals surface area contributed by atoms with Gasteiger partial charge in [-0.25, -0.2) is 0 Å². The Morgan fingerprint density at radius 2 is 1.28 bits per heavy atom. The predicted octanol–water partition coefficient (Wildman–Crippen LogP) is 6.19. The largest absolute Gasteiger partial charge is 0.492 e. The first-order valence-corrected chi connectivity index (χ1v) is 13.6. The highest BCUT2D eigenvalue weighted by atomic mass is 16.5. The second-order valence-electron chi connectivity index (χ2n) is 9.17. The van der Waals surface area contributed by atoms with Crippen LogP contribution in [0.25, 0.3) is 6.08 Å². The molecule has 0 radical (unpaired) electrons. The summed E-state index contributed by atoms with van der Waals surface area (Å²) in [6.45, 7) is 5.54. The van der Waals surface area contributed by atoms with E-state index in [4.69, 9.17) is 24.7 Å². The van der Waals surface area contributed by atoms with Gasteiger partial charge < -0.3 is 30.0 Å². The van der Waals surface area contributed by atoms with Gasteiger partial charge in [0.05, 0.1) is 28.4 Å². The van der Waals surface area contributed by atoms with Crippen molar-refractivity contribution < 1.29 is 23.7 Å². The molecule has 1 amide bonds. The molecule has 0 saturated heterocycles. The van der Waals surface area contributed by atoms with Crippen LogP contribution in [0.15, 0.2) is 5.57 Å². The van der Waals surface area contributed by atoms with Gasteiger partial charge in [-0.2, -0.15) is 0 Å². The Kier molecular flexibility index (Phi) is 16.5. The van der Waals surface area contributed by atoms with Crippen molar-refractivity contribution in [3.8, 4) is 23.0 Å². The van der Waals surface area contributed by atoms with Gasteiger partial charge in [-0.15, -0.1) is 0 Å². The SMILES string of the molecule is CCCCCCCCC/C(=C\c1c(C)c(OC)c(OC)c(OC)c1OC)C(=O)NCCCCCCN. The molecular weight excluding hydrogens is 456 g/mol. The first kappa shape index (κ1) is 31.6. The number of hydrogen-bond donors (Lipinski definition) is 2. The lowest BCUT2D eigenvalue weighted by molar-refractivity contribution is -0.117. The van der Waals surface area contributed by atoms with E-state index in [-0.39, 0.29) is 5.91 Å². The van der Waals surface area contributed by atoms with Crippen molar-refractivity contribution in [1.29, 1.82) is 0 Å². The fourth-order valence-corrected chi connectivity index (χ4v) is 4.42. The smallest absolute Gasteiger partial charge is 0.247 e. The van der Waals surface area contributed by atoms with Crippen LogP contribution in [0.2, 0.25) is 0 Å². The zero-order valence-electron chi connectivity index (χ0n) is 23.6. The molecule has 0 atom stereocenters. The van der Waals surface area contributed by atoms with Crippen LogP contribution in [0.5, 0.6) is 23.0 Å². The predicted molar refractivity (Wildman–Crippen MR) is 149 cm³/mol. The standard InChI is InChI=1S/C29H50N2O5/c1-7-8-9-10-11-12-15-18-23(29(32)31-20-17-14-13-16-19-30)21-24-22(2)25(33-3)27(35-5)28(36-6)26(24)34-4/h21H,7-20,30H2,1-6H3,(H,31,32)/b23-21+.